The van der Waals surface area contributed by atoms with Crippen LogP contribution in [0.25, 0.3) is 0 Å². The highest BCUT2D eigenvalue weighted by Crippen LogP contribution is 2.56. The van der Waals surface area contributed by atoms with Crippen molar-refractivity contribution in [1.82, 2.24) is 5.32 Å². The fourth-order valence-electron chi connectivity index (χ4n) is 7.52. The molecule has 0 bridgehead atoms. The fourth-order valence-corrected chi connectivity index (χ4v) is 15.1. The lowest BCUT2D eigenvalue weighted by Crippen LogP contribution is -2.29. The lowest BCUT2D eigenvalue weighted by Gasteiger charge is -2.39. The minimum absolute atomic E-state index is 0. The normalized spacial score (nSPS) is 23.8. The van der Waals surface area contributed by atoms with Gasteiger partial charge in [0, 0.05) is 25.2 Å². The molecule has 0 atom stereocenters. The van der Waals surface area contributed by atoms with Crippen molar-refractivity contribution < 1.29 is 0 Å². The second-order valence-corrected chi connectivity index (χ2v) is 17.3. The molecule has 4 saturated carbocycles. The van der Waals surface area contributed by atoms with E-state index in [1.165, 1.54) is 90.1 Å². The Morgan fingerprint density at radius 3 is 0.853 bits per heavy atom. The van der Waals surface area contributed by atoms with Crippen molar-refractivity contribution in [3.05, 3.63) is 0 Å². The number of hydrogen-bond acceptors (Lipinski definition) is 1. The Bertz CT molecular complexity index is 396. The van der Waals surface area contributed by atoms with Crippen LogP contribution in [0, 0.1) is 0 Å². The van der Waals surface area contributed by atoms with E-state index in [0.717, 1.165) is 22.6 Å². The summed E-state index contributed by atoms with van der Waals surface area (Å²) in [6.45, 7) is 2.69. The van der Waals surface area contributed by atoms with E-state index in [4.69, 9.17) is 0 Å². The Morgan fingerprint density at radius 2 is 0.618 bits per heavy atom. The first-order valence-electron chi connectivity index (χ1n) is 14.6. The van der Waals surface area contributed by atoms with Crippen LogP contribution in [0.15, 0.2) is 0 Å². The average molecular weight is 498 g/mol. The molecule has 189 valence electrons. The molecule has 0 amide bonds. The number of hydrogen-bond donors (Lipinski definition) is 1. The second-order valence-electron chi connectivity index (χ2n) is 11.4. The molecule has 0 aromatic heterocycles. The third-order valence-corrected chi connectivity index (χ3v) is 16.6. The number of nitrogens with one attached hydrogen (secondary N) is 1. The van der Waals surface area contributed by atoms with Gasteiger partial charge in [0.15, 0.2) is 0 Å². The highest BCUT2D eigenvalue weighted by atomic mass is 31.1. The quantitative estimate of drug-likeness (QED) is 0.185. The molecular weight excluding hydrogens is 445 g/mol. The predicted molar refractivity (Wildman–Crippen MR) is 161 cm³/mol. The van der Waals surface area contributed by atoms with E-state index in [0.29, 0.717) is 0 Å². The largest absolute Gasteiger partial charge is 0.316 e. The Balaban J connectivity index is 0.00000193. The summed E-state index contributed by atoms with van der Waals surface area (Å²) in [4.78, 5) is 0. The van der Waals surface area contributed by atoms with Gasteiger partial charge in [0.2, 0.25) is 0 Å². The van der Waals surface area contributed by atoms with E-state index in [2.05, 4.69) is 5.32 Å². The molecule has 0 aliphatic heterocycles. The summed E-state index contributed by atoms with van der Waals surface area (Å²) >= 11 is 0. The van der Waals surface area contributed by atoms with Crippen LogP contribution in [-0.2, 0) is 0 Å². The summed E-state index contributed by atoms with van der Waals surface area (Å²) in [5, 5.41) is 4.04. The first-order chi connectivity index (χ1) is 15.4. The summed E-state index contributed by atoms with van der Waals surface area (Å²) in [5.74, 6) is 0. The molecule has 1 N–H and O–H groups in total. The van der Waals surface area contributed by atoms with Crippen molar-refractivity contribution in [2.75, 3.05) is 25.4 Å². The zero-order valence-electron chi connectivity index (χ0n) is 22.4. The Kier molecular flexibility index (Phi) is 18.6. The van der Waals surface area contributed by atoms with Gasteiger partial charge in [0.25, 0.3) is 0 Å². The molecule has 9 radical (unpaired) electrons. The van der Waals surface area contributed by atoms with Crippen molar-refractivity contribution in [3.63, 3.8) is 0 Å². The monoisotopic (exact) mass is 498 g/mol. The molecule has 34 heavy (non-hydrogen) atoms. The van der Waals surface area contributed by atoms with Gasteiger partial charge in [-0.3, -0.25) is 0 Å². The molecule has 4 aliphatic rings. The standard InChI is InChI=1S/C28H53NP2.3B/c1-5-13-25(14-6-1)30(26-15-7-2-8-16-26)23-21-29-22-24-31(27-17-9-3-10-18-27)28-19-11-4-12-20-28;;;/h25-29H,1-24H2;;;. The van der Waals surface area contributed by atoms with Gasteiger partial charge in [-0.1, -0.05) is 92.9 Å². The van der Waals surface area contributed by atoms with E-state index >= 15 is 0 Å². The molecule has 6 heteroatoms. The molecular formula is C28H53B3NP2. The van der Waals surface area contributed by atoms with E-state index in [9.17, 15) is 0 Å². The fraction of sp³-hybridized carbons (Fsp3) is 1.00. The van der Waals surface area contributed by atoms with E-state index < -0.39 is 0 Å². The molecule has 4 fully saturated rings. The van der Waals surface area contributed by atoms with Crippen molar-refractivity contribution in [3.8, 4) is 0 Å². The summed E-state index contributed by atoms with van der Waals surface area (Å²) < 4.78 is 0. The molecule has 0 saturated heterocycles. The molecule has 0 aromatic carbocycles. The smallest absolute Gasteiger partial charge is 0 e. The van der Waals surface area contributed by atoms with E-state index in [1.807, 2.05) is 0 Å². The maximum atomic E-state index is 4.04. The minimum Gasteiger partial charge on any atom is -0.316 e. The van der Waals surface area contributed by atoms with Crippen LogP contribution in [0.5, 0.6) is 0 Å². The first-order valence-corrected chi connectivity index (χ1v) is 18.0. The number of rotatable bonds is 10. The van der Waals surface area contributed by atoms with Crippen molar-refractivity contribution >= 4 is 41.1 Å². The Hall–Kier alpha value is 1.01. The summed E-state index contributed by atoms with van der Waals surface area (Å²) in [6, 6.07) is 0. The summed E-state index contributed by atoms with van der Waals surface area (Å²) in [7, 11) is 0.579. The van der Waals surface area contributed by atoms with Gasteiger partial charge in [-0.05, 0) is 99.4 Å². The van der Waals surface area contributed by atoms with Crippen LogP contribution in [0.4, 0.5) is 0 Å². The van der Waals surface area contributed by atoms with Crippen LogP contribution >= 0.6 is 15.8 Å². The zero-order valence-corrected chi connectivity index (χ0v) is 24.2. The molecule has 0 spiro atoms. The highest BCUT2D eigenvalue weighted by Gasteiger charge is 2.32. The van der Waals surface area contributed by atoms with Crippen LogP contribution in [0.1, 0.15) is 128 Å². The summed E-state index contributed by atoms with van der Waals surface area (Å²) in [5.41, 5.74) is 4.54. The van der Waals surface area contributed by atoms with Crippen molar-refractivity contribution in [2.45, 2.75) is 151 Å². The van der Waals surface area contributed by atoms with Gasteiger partial charge < -0.3 is 5.32 Å². The summed E-state index contributed by atoms with van der Waals surface area (Å²) in [6.07, 6.45) is 34.1. The molecule has 0 heterocycles. The SMILES string of the molecule is C1CCC(P(CCNCCP(C2CCCCC2)C2CCCCC2)C2CCCCC2)CC1.[B].[B].[B]. The maximum Gasteiger partial charge on any atom is 0 e. The predicted octanol–water partition coefficient (Wildman–Crippen LogP) is 7.73. The van der Waals surface area contributed by atoms with Gasteiger partial charge in [-0.15, -0.1) is 0 Å². The third-order valence-electron chi connectivity index (χ3n) is 9.27. The van der Waals surface area contributed by atoms with Gasteiger partial charge in [0.05, 0.1) is 0 Å². The molecule has 0 unspecified atom stereocenters. The second kappa shape index (κ2) is 19.1. The molecule has 4 aliphatic carbocycles. The van der Waals surface area contributed by atoms with Crippen molar-refractivity contribution in [1.29, 1.82) is 0 Å². The molecule has 1 nitrogen and oxygen atoms in total. The van der Waals surface area contributed by atoms with Crippen LogP contribution < -0.4 is 5.32 Å². The van der Waals surface area contributed by atoms with Gasteiger partial charge in [-0.2, -0.15) is 0 Å². The molecule has 0 aromatic rings. The Labute approximate surface area is 222 Å². The zero-order chi connectivity index (χ0) is 21.1. The Morgan fingerprint density at radius 1 is 0.382 bits per heavy atom. The average Bonchev–Trinajstić information content (AvgIpc) is 2.86. The van der Waals surface area contributed by atoms with E-state index in [-0.39, 0.29) is 41.1 Å². The van der Waals surface area contributed by atoms with Gasteiger partial charge in [0.1, 0.15) is 0 Å². The van der Waals surface area contributed by atoms with Crippen molar-refractivity contribution in [2.24, 2.45) is 0 Å². The van der Waals surface area contributed by atoms with Gasteiger partial charge in [-0.25, -0.2) is 0 Å². The van der Waals surface area contributed by atoms with Gasteiger partial charge >= 0.3 is 0 Å². The van der Waals surface area contributed by atoms with E-state index in [1.54, 1.807) is 63.7 Å². The van der Waals surface area contributed by atoms with Crippen LogP contribution in [-0.4, -0.2) is 73.3 Å². The first kappa shape index (κ1) is 33.0. The topological polar surface area (TPSA) is 12.0 Å². The lowest BCUT2D eigenvalue weighted by molar-refractivity contribution is 0.482. The van der Waals surface area contributed by atoms with Crippen LogP contribution in [0.2, 0.25) is 0 Å². The highest BCUT2D eigenvalue weighted by molar-refractivity contribution is 7.59. The maximum absolute atomic E-state index is 4.04. The van der Waals surface area contributed by atoms with Crippen LogP contribution in [0.3, 0.4) is 0 Å². The minimum atomic E-state index is 0. The lowest BCUT2D eigenvalue weighted by atomic mass is 9.99. The third kappa shape index (κ3) is 10.4. The molecule has 4 rings (SSSR count).